The molecule has 0 unspecified atom stereocenters. The van der Waals surface area contributed by atoms with Gasteiger partial charge in [-0.3, -0.25) is 14.2 Å². The molecule has 1 amide bonds. The molecule has 0 saturated carbocycles. The third-order valence-electron chi connectivity index (χ3n) is 5.52. The van der Waals surface area contributed by atoms with E-state index in [1.807, 2.05) is 24.3 Å². The van der Waals surface area contributed by atoms with Gasteiger partial charge in [-0.1, -0.05) is 11.8 Å². The Kier molecular flexibility index (Phi) is 6.15. The molecule has 158 valence electrons. The largest absolute Gasteiger partial charge is 0.372 e. The van der Waals surface area contributed by atoms with Crippen molar-refractivity contribution in [1.29, 1.82) is 0 Å². The lowest BCUT2D eigenvalue weighted by Crippen LogP contribution is -2.22. The number of hydrogen-bond donors (Lipinski definition) is 1. The summed E-state index contributed by atoms with van der Waals surface area (Å²) in [6.45, 7) is 6.14. The number of nitrogens with zero attached hydrogens (tertiary/aromatic N) is 3. The van der Waals surface area contributed by atoms with Gasteiger partial charge in [0.15, 0.2) is 5.16 Å². The van der Waals surface area contributed by atoms with Crippen molar-refractivity contribution in [1.82, 2.24) is 9.55 Å². The first-order valence-corrected chi connectivity index (χ1v) is 12.1. The van der Waals surface area contributed by atoms with Crippen LogP contribution in [-0.2, 0) is 24.7 Å². The van der Waals surface area contributed by atoms with Gasteiger partial charge < -0.3 is 10.2 Å². The summed E-state index contributed by atoms with van der Waals surface area (Å²) < 4.78 is 1.57. The Balaban J connectivity index is 1.43. The number of hydrogen-bond acceptors (Lipinski definition) is 6. The summed E-state index contributed by atoms with van der Waals surface area (Å²) in [6.07, 6.45) is 3.12. The number of amides is 1. The maximum Gasteiger partial charge on any atom is 0.262 e. The molecule has 8 heteroatoms. The average Bonchev–Trinajstić information content (AvgIpc) is 3.32. The van der Waals surface area contributed by atoms with E-state index in [1.54, 1.807) is 23.0 Å². The van der Waals surface area contributed by atoms with Crippen LogP contribution in [0.3, 0.4) is 0 Å². The Hall–Kier alpha value is -2.32. The Bertz CT molecular complexity index is 1130. The van der Waals surface area contributed by atoms with Crippen molar-refractivity contribution in [2.75, 3.05) is 29.1 Å². The van der Waals surface area contributed by atoms with Crippen molar-refractivity contribution in [3.05, 3.63) is 45.1 Å². The monoisotopic (exact) mass is 442 g/mol. The highest BCUT2D eigenvalue weighted by Gasteiger charge is 2.22. The number of nitrogens with one attached hydrogen (secondary N) is 1. The Morgan fingerprint density at radius 3 is 2.67 bits per heavy atom. The normalized spacial score (nSPS) is 12.9. The molecular formula is C22H26N4O2S2. The van der Waals surface area contributed by atoms with Gasteiger partial charge in [0.2, 0.25) is 5.91 Å². The summed E-state index contributed by atoms with van der Waals surface area (Å²) in [5, 5.41) is 4.28. The molecule has 0 aliphatic heterocycles. The summed E-state index contributed by atoms with van der Waals surface area (Å²) in [7, 11) is 1.74. The van der Waals surface area contributed by atoms with Gasteiger partial charge in [0, 0.05) is 36.4 Å². The molecular weight excluding hydrogens is 416 g/mol. The van der Waals surface area contributed by atoms with E-state index in [0.29, 0.717) is 5.16 Å². The smallest absolute Gasteiger partial charge is 0.262 e. The van der Waals surface area contributed by atoms with E-state index in [0.717, 1.165) is 53.9 Å². The zero-order valence-corrected chi connectivity index (χ0v) is 19.2. The zero-order valence-electron chi connectivity index (χ0n) is 17.5. The van der Waals surface area contributed by atoms with Crippen LogP contribution in [0.4, 0.5) is 11.4 Å². The van der Waals surface area contributed by atoms with Crippen molar-refractivity contribution < 1.29 is 4.79 Å². The summed E-state index contributed by atoms with van der Waals surface area (Å²) in [5.74, 6) is 0.0906. The number of rotatable bonds is 7. The maximum absolute atomic E-state index is 12.9. The number of carbonyl (C=O) groups excluding carboxylic acids is 1. The summed E-state index contributed by atoms with van der Waals surface area (Å²) in [5.41, 5.74) is 3.09. The number of thiophene rings is 1. The second-order valence-corrected chi connectivity index (χ2v) is 9.38. The van der Waals surface area contributed by atoms with Gasteiger partial charge in [0.25, 0.3) is 5.56 Å². The molecule has 1 aliphatic rings. The fraction of sp³-hybridized carbons (Fsp3) is 0.409. The van der Waals surface area contributed by atoms with Crippen molar-refractivity contribution in [2.24, 2.45) is 7.05 Å². The molecule has 2 heterocycles. The van der Waals surface area contributed by atoms with Crippen LogP contribution in [-0.4, -0.2) is 34.3 Å². The molecule has 30 heavy (non-hydrogen) atoms. The minimum Gasteiger partial charge on any atom is -0.372 e. The van der Waals surface area contributed by atoms with Crippen LogP contribution >= 0.6 is 23.1 Å². The Morgan fingerprint density at radius 2 is 1.97 bits per heavy atom. The molecule has 0 fully saturated rings. The highest BCUT2D eigenvalue weighted by molar-refractivity contribution is 7.99. The lowest BCUT2D eigenvalue weighted by molar-refractivity contribution is -0.113. The number of aryl methyl sites for hydroxylation is 2. The molecule has 1 aliphatic carbocycles. The van der Waals surface area contributed by atoms with Crippen LogP contribution in [0.2, 0.25) is 0 Å². The van der Waals surface area contributed by atoms with E-state index in [9.17, 15) is 9.59 Å². The van der Waals surface area contributed by atoms with Crippen LogP contribution in [0.1, 0.15) is 30.7 Å². The first-order chi connectivity index (χ1) is 14.5. The molecule has 0 saturated heterocycles. The molecule has 2 aromatic heterocycles. The Morgan fingerprint density at radius 1 is 1.23 bits per heavy atom. The van der Waals surface area contributed by atoms with E-state index in [1.165, 1.54) is 22.2 Å². The predicted octanol–water partition coefficient (Wildman–Crippen LogP) is 4.06. The van der Waals surface area contributed by atoms with Crippen LogP contribution in [0, 0.1) is 0 Å². The van der Waals surface area contributed by atoms with Crippen molar-refractivity contribution in [2.45, 2.75) is 38.3 Å². The number of anilines is 2. The standard InChI is InChI=1S/C22H26N4O2S2/c1-4-26(5-2)15-11-9-14(10-12-15)23-18(27)13-29-22-24-20-19(21(28)25(22)3)16-7-6-8-17(16)30-20/h9-12H,4-8,13H2,1-3H3,(H,23,27). The minimum absolute atomic E-state index is 0.00528. The molecule has 1 N–H and O–H groups in total. The molecule has 3 aromatic rings. The number of aromatic nitrogens is 2. The van der Waals surface area contributed by atoms with E-state index < -0.39 is 0 Å². The molecule has 0 spiro atoms. The first-order valence-electron chi connectivity index (χ1n) is 10.3. The number of benzene rings is 1. The van der Waals surface area contributed by atoms with Gasteiger partial charge in [-0.2, -0.15) is 0 Å². The van der Waals surface area contributed by atoms with E-state index >= 15 is 0 Å². The summed E-state index contributed by atoms with van der Waals surface area (Å²) in [4.78, 5) is 34.3. The van der Waals surface area contributed by atoms with Crippen LogP contribution in [0.5, 0.6) is 0 Å². The van der Waals surface area contributed by atoms with Crippen LogP contribution < -0.4 is 15.8 Å². The van der Waals surface area contributed by atoms with Gasteiger partial charge >= 0.3 is 0 Å². The maximum atomic E-state index is 12.9. The van der Waals surface area contributed by atoms with Gasteiger partial charge in [0.1, 0.15) is 4.83 Å². The SMILES string of the molecule is CCN(CC)c1ccc(NC(=O)CSc2nc3sc4c(c3c(=O)n2C)CCC4)cc1. The Labute approximate surface area is 184 Å². The lowest BCUT2D eigenvalue weighted by Gasteiger charge is -2.21. The quantitative estimate of drug-likeness (QED) is 0.441. The van der Waals surface area contributed by atoms with Gasteiger partial charge in [-0.25, -0.2) is 4.98 Å². The summed E-state index contributed by atoms with van der Waals surface area (Å²) >= 11 is 2.92. The predicted molar refractivity (Wildman–Crippen MR) is 126 cm³/mol. The highest BCUT2D eigenvalue weighted by Crippen LogP contribution is 2.35. The van der Waals surface area contributed by atoms with Gasteiger partial charge in [0.05, 0.1) is 11.1 Å². The van der Waals surface area contributed by atoms with Gasteiger partial charge in [-0.15, -0.1) is 11.3 Å². The molecule has 0 atom stereocenters. The van der Waals surface area contributed by atoms with E-state index in [-0.39, 0.29) is 17.2 Å². The number of carbonyl (C=O) groups is 1. The molecule has 1 aromatic carbocycles. The van der Waals surface area contributed by atoms with Crippen LogP contribution in [0.15, 0.2) is 34.2 Å². The summed E-state index contributed by atoms with van der Waals surface area (Å²) in [6, 6.07) is 7.88. The molecule has 4 rings (SSSR count). The lowest BCUT2D eigenvalue weighted by atomic mass is 10.2. The van der Waals surface area contributed by atoms with Crippen LogP contribution in [0.25, 0.3) is 10.2 Å². The van der Waals surface area contributed by atoms with Gasteiger partial charge in [-0.05, 0) is 62.9 Å². The third kappa shape index (κ3) is 3.98. The van der Waals surface area contributed by atoms with E-state index in [2.05, 4.69) is 29.0 Å². The molecule has 0 bridgehead atoms. The fourth-order valence-corrected chi connectivity index (χ4v) is 5.98. The average molecular weight is 443 g/mol. The second-order valence-electron chi connectivity index (χ2n) is 7.35. The first kappa shape index (κ1) is 20.9. The van der Waals surface area contributed by atoms with E-state index in [4.69, 9.17) is 0 Å². The topological polar surface area (TPSA) is 67.2 Å². The minimum atomic E-state index is -0.112. The number of fused-ring (bicyclic) bond motifs is 3. The van der Waals surface area contributed by atoms with Crippen molar-refractivity contribution >= 4 is 50.6 Å². The highest BCUT2D eigenvalue weighted by atomic mass is 32.2. The molecule has 0 radical (unpaired) electrons. The fourth-order valence-electron chi connectivity index (χ4n) is 3.91. The third-order valence-corrected chi connectivity index (χ3v) is 7.73. The van der Waals surface area contributed by atoms with Crippen molar-refractivity contribution in [3.8, 4) is 0 Å². The number of thioether (sulfide) groups is 1. The zero-order chi connectivity index (χ0) is 21.3. The molecule has 6 nitrogen and oxygen atoms in total. The van der Waals surface area contributed by atoms with Crippen molar-refractivity contribution in [3.63, 3.8) is 0 Å². The second kappa shape index (κ2) is 8.81.